The van der Waals surface area contributed by atoms with Crippen LogP contribution in [0.15, 0.2) is 11.6 Å². The lowest BCUT2D eigenvalue weighted by Crippen LogP contribution is -2.71. The predicted octanol–water partition coefficient (Wildman–Crippen LogP) is 1.06. The van der Waals surface area contributed by atoms with Crippen LogP contribution >= 0.6 is 11.6 Å². The highest BCUT2D eigenvalue weighted by atomic mass is 35.5. The van der Waals surface area contributed by atoms with Gasteiger partial charge < -0.3 is 20.4 Å². The fourth-order valence-corrected chi connectivity index (χ4v) is 7.69. The van der Waals surface area contributed by atoms with E-state index in [1.54, 1.807) is 13.8 Å². The van der Waals surface area contributed by atoms with E-state index < -0.39 is 63.9 Å². The van der Waals surface area contributed by atoms with Crippen LogP contribution in [0, 0.1) is 22.7 Å². The van der Waals surface area contributed by atoms with Gasteiger partial charge in [0.15, 0.2) is 17.2 Å². The molecule has 0 aromatic carbocycles. The maximum Gasteiger partial charge on any atom is 0.192 e. The van der Waals surface area contributed by atoms with Crippen molar-refractivity contribution in [2.24, 2.45) is 22.7 Å². The molecule has 3 fully saturated rings. The largest absolute Gasteiger partial charge is 0.390 e. The van der Waals surface area contributed by atoms with Gasteiger partial charge in [-0.15, -0.1) is 11.6 Å². The molecule has 9 atom stereocenters. The van der Waals surface area contributed by atoms with Crippen LogP contribution in [0.2, 0.25) is 0 Å². The Morgan fingerprint density at radius 1 is 1.24 bits per heavy atom. The predicted molar refractivity (Wildman–Crippen MR) is 102 cm³/mol. The number of fused-ring (bicyclic) bond motifs is 5. The smallest absolute Gasteiger partial charge is 0.192 e. The van der Waals surface area contributed by atoms with Crippen molar-refractivity contribution in [1.82, 2.24) is 0 Å². The van der Waals surface area contributed by atoms with Crippen molar-refractivity contribution in [2.75, 3.05) is 6.61 Å². The number of ketones is 2. The first-order valence-corrected chi connectivity index (χ1v) is 10.6. The molecule has 0 saturated heterocycles. The van der Waals surface area contributed by atoms with Gasteiger partial charge in [0.1, 0.15) is 12.3 Å². The molecule has 0 radical (unpaired) electrons. The van der Waals surface area contributed by atoms with E-state index in [4.69, 9.17) is 11.6 Å². The van der Waals surface area contributed by atoms with E-state index >= 15 is 4.39 Å². The highest BCUT2D eigenvalue weighted by Crippen LogP contribution is 2.70. The summed E-state index contributed by atoms with van der Waals surface area (Å²) >= 11 is 6.61. The van der Waals surface area contributed by atoms with Crippen molar-refractivity contribution in [3.05, 3.63) is 11.6 Å². The summed E-state index contributed by atoms with van der Waals surface area (Å²) in [5.41, 5.74) is -6.34. The topological polar surface area (TPSA) is 115 Å². The third kappa shape index (κ3) is 2.31. The van der Waals surface area contributed by atoms with Gasteiger partial charge in [0.2, 0.25) is 0 Å². The summed E-state index contributed by atoms with van der Waals surface area (Å²) in [4.78, 5) is 24.4. The number of hydrogen-bond acceptors (Lipinski definition) is 6. The van der Waals surface area contributed by atoms with Crippen molar-refractivity contribution < 1.29 is 34.4 Å². The minimum absolute atomic E-state index is 0.0283. The van der Waals surface area contributed by atoms with Crippen molar-refractivity contribution in [2.45, 2.75) is 74.8 Å². The van der Waals surface area contributed by atoms with Gasteiger partial charge in [0, 0.05) is 23.2 Å². The lowest BCUT2D eigenvalue weighted by atomic mass is 9.43. The van der Waals surface area contributed by atoms with Crippen LogP contribution < -0.4 is 0 Å². The van der Waals surface area contributed by atoms with Crippen LogP contribution in [0.5, 0.6) is 0 Å². The van der Waals surface area contributed by atoms with E-state index in [1.165, 1.54) is 6.08 Å². The van der Waals surface area contributed by atoms with Crippen molar-refractivity contribution in [3.8, 4) is 0 Å². The van der Waals surface area contributed by atoms with Crippen LogP contribution in [0.3, 0.4) is 0 Å². The Kier molecular flexibility index (Phi) is 4.66. The van der Waals surface area contributed by atoms with Crippen molar-refractivity contribution >= 4 is 23.2 Å². The summed E-state index contributed by atoms with van der Waals surface area (Å²) in [6.07, 6.45) is -1.36. The van der Waals surface area contributed by atoms with E-state index in [2.05, 4.69) is 0 Å². The summed E-state index contributed by atoms with van der Waals surface area (Å²) in [7, 11) is 0. The molecule has 3 saturated carbocycles. The molecule has 29 heavy (non-hydrogen) atoms. The number of aliphatic hydroxyl groups excluding tert-OH is 3. The van der Waals surface area contributed by atoms with Crippen molar-refractivity contribution in [1.29, 1.82) is 0 Å². The van der Waals surface area contributed by atoms with E-state index in [0.717, 1.165) is 0 Å². The lowest BCUT2D eigenvalue weighted by molar-refractivity contribution is -0.230. The molecule has 4 N–H and O–H groups in total. The van der Waals surface area contributed by atoms with E-state index in [1.807, 2.05) is 0 Å². The molecule has 6 unspecified atom stereocenters. The summed E-state index contributed by atoms with van der Waals surface area (Å²) in [5.74, 6) is -2.48. The van der Waals surface area contributed by atoms with Gasteiger partial charge in [-0.05, 0) is 43.3 Å². The fraction of sp³-hybridized carbons (Fsp3) is 0.810. The number of carbonyl (C=O) groups is 2. The van der Waals surface area contributed by atoms with Gasteiger partial charge in [-0.1, -0.05) is 13.8 Å². The molecule has 4 rings (SSSR count). The molecule has 8 heteroatoms. The molecule has 0 aromatic rings. The highest BCUT2D eigenvalue weighted by molar-refractivity contribution is 6.23. The molecule has 4 aliphatic rings. The standard InChI is InChI=1S/C21H28ClFO6/c1-18-4-3-10(25)5-13(18)14(22)6-12-11-7-15(26)21(29,17(28)9-24)19(11,2)8-16(27)20(12,18)23/h5,11-12,14-16,24,26-27,29H,3-4,6-9H2,1-2H3/t11?,12?,14-,15?,16?,18?,19?,20-,21-/m0/s1. The second-order valence-electron chi connectivity index (χ2n) is 9.82. The molecule has 162 valence electrons. The zero-order chi connectivity index (χ0) is 21.6. The van der Waals surface area contributed by atoms with Crippen molar-refractivity contribution in [3.63, 3.8) is 0 Å². The molecule has 0 aromatic heterocycles. The average molecular weight is 431 g/mol. The number of Topliss-reactive ketones (excluding diaryl/α,β-unsaturated/α-hetero) is 1. The number of hydrogen-bond donors (Lipinski definition) is 4. The molecule has 0 amide bonds. The average Bonchev–Trinajstić information content (AvgIpc) is 2.86. The van der Waals surface area contributed by atoms with E-state index in [9.17, 15) is 30.0 Å². The van der Waals surface area contributed by atoms with Gasteiger partial charge in [-0.25, -0.2) is 4.39 Å². The second kappa shape index (κ2) is 6.33. The number of rotatable bonds is 2. The molecular weight excluding hydrogens is 403 g/mol. The minimum Gasteiger partial charge on any atom is -0.390 e. The SMILES string of the molecule is CC12CCC(=O)C=C1[C@@H](Cl)CC1C3CC(O)[C@](O)(C(=O)CO)C3(C)CC(O)[C@@]12F. The minimum atomic E-state index is -2.27. The molecule has 0 aliphatic heterocycles. The monoisotopic (exact) mass is 430 g/mol. The zero-order valence-electron chi connectivity index (χ0n) is 16.6. The zero-order valence-corrected chi connectivity index (χ0v) is 17.3. The van der Waals surface area contributed by atoms with Gasteiger partial charge >= 0.3 is 0 Å². The Labute approximate surface area is 173 Å². The number of allylic oxidation sites excluding steroid dienone is 1. The van der Waals surface area contributed by atoms with Gasteiger partial charge in [0.05, 0.1) is 17.6 Å². The number of aliphatic hydroxyl groups is 4. The molecule has 6 nitrogen and oxygen atoms in total. The van der Waals surface area contributed by atoms with Gasteiger partial charge in [-0.2, -0.15) is 0 Å². The Bertz CT molecular complexity index is 802. The van der Waals surface area contributed by atoms with Crippen LogP contribution in [-0.4, -0.2) is 67.5 Å². The number of carbonyl (C=O) groups excluding carboxylic acids is 2. The normalized spacial score (nSPS) is 54.3. The molecular formula is C21H28ClFO6. The third-order valence-electron chi connectivity index (χ3n) is 8.81. The van der Waals surface area contributed by atoms with E-state index in [-0.39, 0.29) is 37.9 Å². The molecule has 0 spiro atoms. The highest BCUT2D eigenvalue weighted by Gasteiger charge is 2.77. The van der Waals surface area contributed by atoms with Crippen LogP contribution in [0.25, 0.3) is 0 Å². The Balaban J connectivity index is 1.86. The van der Waals surface area contributed by atoms with Gasteiger partial charge in [-0.3, -0.25) is 9.59 Å². The summed E-state index contributed by atoms with van der Waals surface area (Å²) < 4.78 is 16.9. The molecule has 4 aliphatic carbocycles. The number of halogens is 2. The quantitative estimate of drug-likeness (QED) is 0.487. The molecule has 0 heterocycles. The van der Waals surface area contributed by atoms with Gasteiger partial charge in [0.25, 0.3) is 0 Å². The maximum atomic E-state index is 16.9. The van der Waals surface area contributed by atoms with E-state index in [0.29, 0.717) is 5.57 Å². The molecule has 0 bridgehead atoms. The summed E-state index contributed by atoms with van der Waals surface area (Å²) in [5, 5.41) is 41.7. The summed E-state index contributed by atoms with van der Waals surface area (Å²) in [6.45, 7) is 2.31. The maximum absolute atomic E-state index is 16.9. The number of alkyl halides is 2. The van der Waals surface area contributed by atoms with Crippen LogP contribution in [-0.2, 0) is 9.59 Å². The fourth-order valence-electron chi connectivity index (χ4n) is 7.20. The second-order valence-corrected chi connectivity index (χ2v) is 10.3. The first-order valence-electron chi connectivity index (χ1n) is 10.2. The Hall–Kier alpha value is -0.860. The first-order chi connectivity index (χ1) is 13.4. The van der Waals surface area contributed by atoms with Crippen LogP contribution in [0.4, 0.5) is 4.39 Å². The lowest BCUT2D eigenvalue weighted by Gasteiger charge is -2.64. The first kappa shape index (κ1) is 21.4. The summed E-state index contributed by atoms with van der Waals surface area (Å²) in [6, 6.07) is 0. The van der Waals surface area contributed by atoms with Crippen LogP contribution in [0.1, 0.15) is 46.0 Å². The Morgan fingerprint density at radius 2 is 1.90 bits per heavy atom. The third-order valence-corrected chi connectivity index (χ3v) is 9.23. The Morgan fingerprint density at radius 3 is 2.52 bits per heavy atom.